The summed E-state index contributed by atoms with van der Waals surface area (Å²) in [4.78, 5) is 0. The average molecular weight is 221 g/mol. The van der Waals surface area contributed by atoms with Gasteiger partial charge in [-0.05, 0) is 19.9 Å². The van der Waals surface area contributed by atoms with Gasteiger partial charge < -0.3 is 15.2 Å². The van der Waals surface area contributed by atoms with Gasteiger partial charge in [0.15, 0.2) is 0 Å². The molecule has 0 aliphatic carbocycles. The van der Waals surface area contributed by atoms with Gasteiger partial charge in [0.2, 0.25) is 0 Å². The van der Waals surface area contributed by atoms with Crippen LogP contribution in [0.1, 0.15) is 30.5 Å². The van der Waals surface area contributed by atoms with Gasteiger partial charge in [0, 0.05) is 18.0 Å². The van der Waals surface area contributed by atoms with E-state index in [9.17, 15) is 0 Å². The Morgan fingerprint density at radius 3 is 2.94 bits per heavy atom. The molecule has 2 N–H and O–H groups in total. The fourth-order valence-corrected chi connectivity index (χ4v) is 1.92. The molecule has 1 aliphatic heterocycles. The largest absolute Gasteiger partial charge is 0.488 e. The highest BCUT2D eigenvalue weighted by Gasteiger charge is 2.19. The summed E-state index contributed by atoms with van der Waals surface area (Å²) in [5.74, 6) is 0.899. The van der Waals surface area contributed by atoms with Crippen molar-refractivity contribution in [3.05, 3.63) is 29.3 Å². The van der Waals surface area contributed by atoms with Crippen molar-refractivity contribution in [1.29, 1.82) is 0 Å². The zero-order chi connectivity index (χ0) is 11.5. The molecule has 2 atom stereocenters. The van der Waals surface area contributed by atoms with Crippen LogP contribution in [0.3, 0.4) is 0 Å². The quantitative estimate of drug-likeness (QED) is 0.850. The van der Waals surface area contributed by atoms with Crippen molar-refractivity contribution in [2.24, 2.45) is 5.73 Å². The van der Waals surface area contributed by atoms with Gasteiger partial charge in [-0.25, -0.2) is 0 Å². The number of hydrogen-bond acceptors (Lipinski definition) is 3. The van der Waals surface area contributed by atoms with Crippen LogP contribution >= 0.6 is 0 Å². The molecular formula is C13H19NO2. The maximum Gasteiger partial charge on any atom is 0.124 e. The van der Waals surface area contributed by atoms with Crippen LogP contribution in [0.2, 0.25) is 0 Å². The van der Waals surface area contributed by atoms with E-state index < -0.39 is 0 Å². The topological polar surface area (TPSA) is 44.5 Å². The van der Waals surface area contributed by atoms with Gasteiger partial charge in [0.25, 0.3) is 0 Å². The highest BCUT2D eigenvalue weighted by Crippen LogP contribution is 2.27. The standard InChI is InChI=1S/C13H19NO2/c1-9-3-4-13(12(7-9)10(2)14)16-11-5-6-15-8-11/h3-4,7,10-11H,5-6,8,14H2,1-2H3. The van der Waals surface area contributed by atoms with Crippen LogP contribution < -0.4 is 10.5 Å². The number of hydrogen-bond donors (Lipinski definition) is 1. The smallest absolute Gasteiger partial charge is 0.124 e. The molecule has 2 rings (SSSR count). The highest BCUT2D eigenvalue weighted by molar-refractivity contribution is 5.38. The first-order chi connectivity index (χ1) is 7.66. The molecule has 0 aromatic heterocycles. The lowest BCUT2D eigenvalue weighted by Crippen LogP contribution is -2.18. The van der Waals surface area contributed by atoms with E-state index in [1.54, 1.807) is 0 Å². The second kappa shape index (κ2) is 4.85. The van der Waals surface area contributed by atoms with Gasteiger partial charge in [0.05, 0.1) is 13.2 Å². The van der Waals surface area contributed by atoms with Crippen LogP contribution in [-0.4, -0.2) is 19.3 Å². The van der Waals surface area contributed by atoms with E-state index >= 15 is 0 Å². The SMILES string of the molecule is Cc1ccc(OC2CCOC2)c(C(C)N)c1. The van der Waals surface area contributed by atoms with Gasteiger partial charge in [-0.2, -0.15) is 0 Å². The van der Waals surface area contributed by atoms with E-state index in [0.717, 1.165) is 24.3 Å². The van der Waals surface area contributed by atoms with Crippen molar-refractivity contribution in [3.63, 3.8) is 0 Å². The van der Waals surface area contributed by atoms with Gasteiger partial charge in [-0.3, -0.25) is 0 Å². The third kappa shape index (κ3) is 2.54. The van der Waals surface area contributed by atoms with E-state index in [4.69, 9.17) is 15.2 Å². The Kier molecular flexibility index (Phi) is 3.46. The highest BCUT2D eigenvalue weighted by atomic mass is 16.5. The number of aryl methyl sites for hydroxylation is 1. The minimum absolute atomic E-state index is 0.00257. The number of ether oxygens (including phenoxy) is 2. The van der Waals surface area contributed by atoms with E-state index in [1.165, 1.54) is 5.56 Å². The normalized spacial score (nSPS) is 22.1. The van der Waals surface area contributed by atoms with E-state index in [2.05, 4.69) is 19.1 Å². The van der Waals surface area contributed by atoms with Crippen molar-refractivity contribution in [2.75, 3.05) is 13.2 Å². The van der Waals surface area contributed by atoms with Gasteiger partial charge in [-0.1, -0.05) is 17.7 Å². The van der Waals surface area contributed by atoms with Crippen LogP contribution in [-0.2, 0) is 4.74 Å². The van der Waals surface area contributed by atoms with Crippen molar-refractivity contribution in [1.82, 2.24) is 0 Å². The van der Waals surface area contributed by atoms with Crippen LogP contribution in [0.15, 0.2) is 18.2 Å². The van der Waals surface area contributed by atoms with Gasteiger partial charge in [-0.15, -0.1) is 0 Å². The lowest BCUT2D eigenvalue weighted by atomic mass is 10.0. The molecule has 1 heterocycles. The van der Waals surface area contributed by atoms with Crippen LogP contribution in [0.25, 0.3) is 0 Å². The molecule has 1 aromatic carbocycles. The first-order valence-electron chi connectivity index (χ1n) is 5.77. The number of nitrogens with two attached hydrogens (primary N) is 1. The molecule has 88 valence electrons. The summed E-state index contributed by atoms with van der Waals surface area (Å²) in [6, 6.07) is 6.15. The van der Waals surface area contributed by atoms with Crippen molar-refractivity contribution >= 4 is 0 Å². The first kappa shape index (κ1) is 11.4. The molecule has 2 unspecified atom stereocenters. The second-order valence-corrected chi connectivity index (χ2v) is 4.43. The van der Waals surface area contributed by atoms with Crippen molar-refractivity contribution in [3.8, 4) is 5.75 Å². The van der Waals surface area contributed by atoms with Crippen LogP contribution in [0.4, 0.5) is 0 Å². The Hall–Kier alpha value is -1.06. The van der Waals surface area contributed by atoms with E-state index in [-0.39, 0.29) is 12.1 Å². The molecule has 1 saturated heterocycles. The predicted molar refractivity (Wildman–Crippen MR) is 63.6 cm³/mol. The Balaban J connectivity index is 2.18. The molecule has 3 nitrogen and oxygen atoms in total. The second-order valence-electron chi connectivity index (χ2n) is 4.43. The maximum atomic E-state index is 5.95. The third-order valence-corrected chi connectivity index (χ3v) is 2.84. The first-order valence-corrected chi connectivity index (χ1v) is 5.77. The molecule has 0 bridgehead atoms. The summed E-state index contributed by atoms with van der Waals surface area (Å²) in [6.07, 6.45) is 1.15. The van der Waals surface area contributed by atoms with E-state index in [0.29, 0.717) is 6.61 Å². The minimum atomic E-state index is -0.00257. The predicted octanol–water partition coefficient (Wildman–Crippen LogP) is 2.18. The Bertz CT molecular complexity index is 357. The maximum absolute atomic E-state index is 5.95. The molecule has 0 radical (unpaired) electrons. The Morgan fingerprint density at radius 1 is 1.50 bits per heavy atom. The molecule has 0 saturated carbocycles. The molecule has 16 heavy (non-hydrogen) atoms. The zero-order valence-electron chi connectivity index (χ0n) is 9.90. The lowest BCUT2D eigenvalue weighted by Gasteiger charge is -2.18. The third-order valence-electron chi connectivity index (χ3n) is 2.84. The van der Waals surface area contributed by atoms with E-state index in [1.807, 2.05) is 13.0 Å². The molecule has 1 aliphatic rings. The molecule has 3 heteroatoms. The van der Waals surface area contributed by atoms with Gasteiger partial charge >= 0.3 is 0 Å². The fraction of sp³-hybridized carbons (Fsp3) is 0.538. The van der Waals surface area contributed by atoms with Crippen LogP contribution in [0, 0.1) is 6.92 Å². The van der Waals surface area contributed by atoms with Crippen molar-refractivity contribution in [2.45, 2.75) is 32.4 Å². The summed E-state index contributed by atoms with van der Waals surface area (Å²) in [6.45, 7) is 5.53. The summed E-state index contributed by atoms with van der Waals surface area (Å²) in [5.41, 5.74) is 8.23. The zero-order valence-corrected chi connectivity index (χ0v) is 9.90. The molecular weight excluding hydrogens is 202 g/mol. The van der Waals surface area contributed by atoms with Crippen LogP contribution in [0.5, 0.6) is 5.75 Å². The Morgan fingerprint density at radius 2 is 2.31 bits per heavy atom. The summed E-state index contributed by atoms with van der Waals surface area (Å²) in [5, 5.41) is 0. The van der Waals surface area contributed by atoms with Gasteiger partial charge in [0.1, 0.15) is 11.9 Å². The minimum Gasteiger partial charge on any atom is -0.488 e. The molecule has 0 spiro atoms. The summed E-state index contributed by atoms with van der Waals surface area (Å²) >= 11 is 0. The number of benzene rings is 1. The van der Waals surface area contributed by atoms with Crippen molar-refractivity contribution < 1.29 is 9.47 Å². The fourth-order valence-electron chi connectivity index (χ4n) is 1.92. The molecule has 1 fully saturated rings. The summed E-state index contributed by atoms with van der Waals surface area (Å²) < 4.78 is 11.2. The molecule has 1 aromatic rings. The number of rotatable bonds is 3. The monoisotopic (exact) mass is 221 g/mol. The average Bonchev–Trinajstić information content (AvgIpc) is 2.73. The molecule has 0 amide bonds. The lowest BCUT2D eigenvalue weighted by molar-refractivity contribution is 0.140. The Labute approximate surface area is 96.5 Å². The summed E-state index contributed by atoms with van der Waals surface area (Å²) in [7, 11) is 0.